The Kier molecular flexibility index (Phi) is 5.43. The molecule has 6 heteroatoms. The van der Waals surface area contributed by atoms with E-state index < -0.39 is 12.1 Å². The van der Waals surface area contributed by atoms with Crippen LogP contribution in [-0.2, 0) is 9.53 Å². The summed E-state index contributed by atoms with van der Waals surface area (Å²) in [7, 11) is 0. The summed E-state index contributed by atoms with van der Waals surface area (Å²) in [6, 6.07) is 16.6. The number of hydrogen-bond acceptors (Lipinski definition) is 6. The number of esters is 1. The van der Waals surface area contributed by atoms with Crippen LogP contribution in [0, 0.1) is 18.3 Å². The molecule has 1 atom stereocenters. The van der Waals surface area contributed by atoms with Crippen molar-refractivity contribution in [3.05, 3.63) is 77.2 Å². The number of carbonyl (C=O) groups excluding carboxylic acids is 1. The van der Waals surface area contributed by atoms with Crippen molar-refractivity contribution < 1.29 is 13.9 Å². The van der Waals surface area contributed by atoms with E-state index in [-0.39, 0.29) is 5.89 Å². The van der Waals surface area contributed by atoms with Crippen molar-refractivity contribution in [2.45, 2.75) is 20.0 Å². The summed E-state index contributed by atoms with van der Waals surface area (Å²) in [5.74, 6) is 0.0775. The van der Waals surface area contributed by atoms with Gasteiger partial charge in [-0.1, -0.05) is 29.8 Å². The maximum absolute atomic E-state index is 12.0. The van der Waals surface area contributed by atoms with E-state index in [4.69, 9.17) is 14.4 Å². The lowest BCUT2D eigenvalue weighted by Crippen LogP contribution is -2.06. The number of hydrogen-bond donors (Lipinski definition) is 0. The monoisotopic (exact) mass is 359 g/mol. The molecule has 2 aromatic carbocycles. The van der Waals surface area contributed by atoms with Gasteiger partial charge in [-0.2, -0.15) is 5.26 Å². The average Bonchev–Trinajstić information content (AvgIpc) is 3.18. The van der Waals surface area contributed by atoms with Crippen LogP contribution in [0.2, 0.25) is 0 Å². The summed E-state index contributed by atoms with van der Waals surface area (Å²) >= 11 is 0. The van der Waals surface area contributed by atoms with Crippen molar-refractivity contribution in [2.75, 3.05) is 0 Å². The molecule has 0 aliphatic heterocycles. The minimum Gasteiger partial charge on any atom is -0.449 e. The lowest BCUT2D eigenvalue weighted by molar-refractivity contribution is -0.143. The fourth-order valence-electron chi connectivity index (χ4n) is 2.31. The van der Waals surface area contributed by atoms with Crippen LogP contribution in [0.3, 0.4) is 0 Å². The second-order valence-electron chi connectivity index (χ2n) is 5.96. The molecule has 0 aliphatic rings. The maximum Gasteiger partial charge on any atom is 0.331 e. The number of ether oxygens (including phenoxy) is 1. The maximum atomic E-state index is 12.0. The van der Waals surface area contributed by atoms with Gasteiger partial charge in [-0.25, -0.2) is 4.79 Å². The van der Waals surface area contributed by atoms with E-state index in [2.05, 4.69) is 10.2 Å². The van der Waals surface area contributed by atoms with E-state index in [0.717, 1.165) is 16.7 Å². The molecule has 6 nitrogen and oxygen atoms in total. The van der Waals surface area contributed by atoms with Crippen LogP contribution in [0.1, 0.15) is 35.6 Å². The number of aromatic nitrogens is 2. The van der Waals surface area contributed by atoms with Gasteiger partial charge in [0.1, 0.15) is 0 Å². The first-order chi connectivity index (χ1) is 13.0. The molecular formula is C21H17N3O3. The lowest BCUT2D eigenvalue weighted by atomic mass is 10.1. The molecule has 27 heavy (non-hydrogen) atoms. The molecule has 3 aromatic rings. The van der Waals surface area contributed by atoms with E-state index in [9.17, 15) is 4.79 Å². The number of nitriles is 1. The van der Waals surface area contributed by atoms with Crippen LogP contribution in [-0.4, -0.2) is 16.2 Å². The molecule has 1 heterocycles. The van der Waals surface area contributed by atoms with Crippen molar-refractivity contribution in [2.24, 2.45) is 0 Å². The number of carbonyl (C=O) groups is 1. The molecule has 0 fully saturated rings. The van der Waals surface area contributed by atoms with Crippen LogP contribution in [0.25, 0.3) is 17.5 Å². The molecule has 3 rings (SSSR count). The van der Waals surface area contributed by atoms with E-state index in [1.807, 2.05) is 37.3 Å². The van der Waals surface area contributed by atoms with E-state index >= 15 is 0 Å². The fraction of sp³-hybridized carbons (Fsp3) is 0.143. The molecule has 0 bridgehead atoms. The van der Waals surface area contributed by atoms with Crippen LogP contribution in [0.15, 0.2) is 59.0 Å². The van der Waals surface area contributed by atoms with Gasteiger partial charge in [0, 0.05) is 11.6 Å². The van der Waals surface area contributed by atoms with E-state index in [0.29, 0.717) is 11.5 Å². The summed E-state index contributed by atoms with van der Waals surface area (Å²) in [5, 5.41) is 16.7. The second-order valence-corrected chi connectivity index (χ2v) is 5.96. The molecule has 0 spiro atoms. The van der Waals surface area contributed by atoms with Gasteiger partial charge in [-0.3, -0.25) is 0 Å². The van der Waals surface area contributed by atoms with Gasteiger partial charge in [-0.15, -0.1) is 10.2 Å². The highest BCUT2D eigenvalue weighted by atomic mass is 16.6. The number of benzene rings is 2. The van der Waals surface area contributed by atoms with Gasteiger partial charge in [-0.05, 0) is 49.8 Å². The highest BCUT2D eigenvalue weighted by Crippen LogP contribution is 2.22. The van der Waals surface area contributed by atoms with Gasteiger partial charge in [0.15, 0.2) is 6.10 Å². The Hall–Kier alpha value is -3.72. The largest absolute Gasteiger partial charge is 0.449 e. The highest BCUT2D eigenvalue weighted by molar-refractivity contribution is 5.87. The minimum absolute atomic E-state index is 0.227. The predicted octanol–water partition coefficient (Wildman–Crippen LogP) is 4.23. The molecule has 0 saturated carbocycles. The molecule has 0 unspecified atom stereocenters. The van der Waals surface area contributed by atoms with Gasteiger partial charge in [0.05, 0.1) is 11.6 Å². The summed E-state index contributed by atoms with van der Waals surface area (Å²) in [4.78, 5) is 12.0. The molecule has 134 valence electrons. The Balaban J connectivity index is 1.62. The zero-order valence-corrected chi connectivity index (χ0v) is 14.9. The quantitative estimate of drug-likeness (QED) is 0.500. The number of rotatable bonds is 5. The Morgan fingerprint density at radius 1 is 1.15 bits per heavy atom. The normalized spacial score (nSPS) is 11.9. The summed E-state index contributed by atoms with van der Waals surface area (Å²) in [6.07, 6.45) is 2.26. The molecule has 0 N–H and O–H groups in total. The Labute approximate surface area is 156 Å². The predicted molar refractivity (Wildman–Crippen MR) is 99.2 cm³/mol. The van der Waals surface area contributed by atoms with E-state index in [1.54, 1.807) is 37.3 Å². The van der Waals surface area contributed by atoms with Gasteiger partial charge in [0.2, 0.25) is 5.89 Å². The Bertz CT molecular complexity index is 996. The topological polar surface area (TPSA) is 89.0 Å². The minimum atomic E-state index is -0.671. The van der Waals surface area contributed by atoms with Gasteiger partial charge >= 0.3 is 5.97 Å². The lowest BCUT2D eigenvalue weighted by Gasteiger charge is -2.06. The molecule has 0 radical (unpaired) electrons. The first-order valence-corrected chi connectivity index (χ1v) is 8.34. The van der Waals surface area contributed by atoms with Crippen molar-refractivity contribution in [3.8, 4) is 17.5 Å². The van der Waals surface area contributed by atoms with Crippen molar-refractivity contribution in [1.29, 1.82) is 5.26 Å². The first-order valence-electron chi connectivity index (χ1n) is 8.34. The summed E-state index contributed by atoms with van der Waals surface area (Å²) < 4.78 is 10.9. The van der Waals surface area contributed by atoms with Crippen LogP contribution in [0.5, 0.6) is 0 Å². The molecule has 0 aliphatic carbocycles. The molecule has 0 saturated heterocycles. The number of aryl methyl sites for hydroxylation is 1. The summed E-state index contributed by atoms with van der Waals surface area (Å²) in [5.41, 5.74) is 3.29. The van der Waals surface area contributed by atoms with Crippen molar-refractivity contribution >= 4 is 12.0 Å². The smallest absolute Gasteiger partial charge is 0.331 e. The number of nitrogens with zero attached hydrogens (tertiary/aromatic N) is 3. The zero-order valence-electron chi connectivity index (χ0n) is 14.9. The third-order valence-electron chi connectivity index (χ3n) is 3.83. The third-order valence-corrected chi connectivity index (χ3v) is 3.83. The standard InChI is InChI=1S/C21H17N3O3/c1-14-3-10-18(11-4-14)21-24-23-20(27-21)15(2)26-19(25)12-9-16-5-7-17(13-22)8-6-16/h3-12,15H,1-2H3/b12-9+/t15-/m1/s1. The Morgan fingerprint density at radius 3 is 2.52 bits per heavy atom. The van der Waals surface area contributed by atoms with Gasteiger partial charge < -0.3 is 9.15 Å². The SMILES string of the molecule is Cc1ccc(-c2nnc([C@@H](C)OC(=O)/C=C/c3ccc(C#N)cc3)o2)cc1. The van der Waals surface area contributed by atoms with Crippen LogP contribution in [0.4, 0.5) is 0 Å². The average molecular weight is 359 g/mol. The van der Waals surface area contributed by atoms with E-state index in [1.165, 1.54) is 6.08 Å². The molecule has 1 aromatic heterocycles. The molecular weight excluding hydrogens is 342 g/mol. The van der Waals surface area contributed by atoms with Crippen LogP contribution >= 0.6 is 0 Å². The van der Waals surface area contributed by atoms with Crippen molar-refractivity contribution in [1.82, 2.24) is 10.2 Å². The fourth-order valence-corrected chi connectivity index (χ4v) is 2.31. The highest BCUT2D eigenvalue weighted by Gasteiger charge is 2.18. The molecule has 0 amide bonds. The summed E-state index contributed by atoms with van der Waals surface area (Å²) in [6.45, 7) is 3.66. The van der Waals surface area contributed by atoms with Gasteiger partial charge in [0.25, 0.3) is 5.89 Å². The Morgan fingerprint density at radius 2 is 1.85 bits per heavy atom. The second kappa shape index (κ2) is 8.11. The van der Waals surface area contributed by atoms with Crippen molar-refractivity contribution in [3.63, 3.8) is 0 Å². The van der Waals surface area contributed by atoms with Crippen LogP contribution < -0.4 is 0 Å². The zero-order chi connectivity index (χ0) is 19.2. The third kappa shape index (κ3) is 4.67. The first kappa shape index (κ1) is 18.1.